The van der Waals surface area contributed by atoms with Crippen LogP contribution in [0.25, 0.3) is 0 Å². The number of halogens is 1. The molecule has 0 unspecified atom stereocenters. The Kier molecular flexibility index (Phi) is 6.69. The Labute approximate surface area is 172 Å². The number of rotatable bonds is 7. The van der Waals surface area contributed by atoms with Crippen LogP contribution >= 0.6 is 23.4 Å². The third-order valence-corrected chi connectivity index (χ3v) is 5.39. The van der Waals surface area contributed by atoms with Crippen LogP contribution in [0.5, 0.6) is 0 Å². The minimum Gasteiger partial charge on any atom is -0.337 e. The zero-order valence-electron chi connectivity index (χ0n) is 15.1. The van der Waals surface area contributed by atoms with Gasteiger partial charge in [0.05, 0.1) is 22.4 Å². The first-order valence-electron chi connectivity index (χ1n) is 8.48. The fraction of sp³-hybridized carbons (Fsp3) is 0.200. The van der Waals surface area contributed by atoms with Gasteiger partial charge in [0.15, 0.2) is 5.82 Å². The van der Waals surface area contributed by atoms with Crippen LogP contribution in [-0.4, -0.2) is 26.7 Å². The van der Waals surface area contributed by atoms with Gasteiger partial charge in [-0.2, -0.15) is 10.2 Å². The Balaban J connectivity index is 1.73. The predicted molar refractivity (Wildman–Crippen MR) is 107 cm³/mol. The number of benzene rings is 2. The summed E-state index contributed by atoms with van der Waals surface area (Å²) in [5.74, 6) is 1.05. The van der Waals surface area contributed by atoms with Crippen LogP contribution in [0, 0.1) is 18.3 Å². The van der Waals surface area contributed by atoms with E-state index in [2.05, 4.69) is 16.2 Å². The number of aryl methyl sites for hydroxylation is 1. The average molecular weight is 413 g/mol. The first kappa shape index (κ1) is 19.9. The van der Waals surface area contributed by atoms with E-state index in [0.717, 1.165) is 10.5 Å². The standard InChI is InChI=1S/C20H17ClN4O2S/c1-14-23-19(27-24-14)12-25(11-16-8-6-15(10-22)7-9-16)20(26)13-28-18-5-3-2-4-17(18)21/h2-9H,11-13H2,1H3. The van der Waals surface area contributed by atoms with Crippen molar-refractivity contribution >= 4 is 29.3 Å². The van der Waals surface area contributed by atoms with E-state index in [4.69, 9.17) is 21.4 Å². The summed E-state index contributed by atoms with van der Waals surface area (Å²) in [6.45, 7) is 2.31. The van der Waals surface area contributed by atoms with E-state index in [1.807, 2.05) is 30.3 Å². The van der Waals surface area contributed by atoms with Crippen molar-refractivity contribution in [3.05, 3.63) is 76.4 Å². The molecule has 0 saturated heterocycles. The van der Waals surface area contributed by atoms with Crippen molar-refractivity contribution < 1.29 is 9.32 Å². The molecule has 1 amide bonds. The van der Waals surface area contributed by atoms with Crippen LogP contribution in [0.15, 0.2) is 57.9 Å². The molecular formula is C20H17ClN4O2S. The Morgan fingerprint density at radius 1 is 1.21 bits per heavy atom. The van der Waals surface area contributed by atoms with Crippen LogP contribution in [0.2, 0.25) is 5.02 Å². The molecule has 8 heteroatoms. The highest BCUT2D eigenvalue weighted by molar-refractivity contribution is 8.00. The van der Waals surface area contributed by atoms with Gasteiger partial charge in [0, 0.05) is 11.4 Å². The Hall–Kier alpha value is -2.82. The summed E-state index contributed by atoms with van der Waals surface area (Å²) in [7, 11) is 0. The van der Waals surface area contributed by atoms with Gasteiger partial charge in [-0.1, -0.05) is 41.0 Å². The second-order valence-corrected chi connectivity index (χ2v) is 7.44. The first-order valence-corrected chi connectivity index (χ1v) is 9.85. The molecule has 3 aromatic rings. The number of hydrogen-bond acceptors (Lipinski definition) is 6. The van der Waals surface area contributed by atoms with Gasteiger partial charge in [0.25, 0.3) is 0 Å². The molecule has 0 radical (unpaired) electrons. The lowest BCUT2D eigenvalue weighted by Crippen LogP contribution is -2.31. The second kappa shape index (κ2) is 9.40. The van der Waals surface area contributed by atoms with Crippen molar-refractivity contribution in [2.75, 3.05) is 5.75 Å². The van der Waals surface area contributed by atoms with Crippen molar-refractivity contribution in [3.63, 3.8) is 0 Å². The number of aromatic nitrogens is 2. The lowest BCUT2D eigenvalue weighted by molar-refractivity contribution is -0.129. The number of carbonyl (C=O) groups is 1. The molecule has 0 fully saturated rings. The van der Waals surface area contributed by atoms with Gasteiger partial charge in [-0.15, -0.1) is 11.8 Å². The van der Waals surface area contributed by atoms with Crippen LogP contribution < -0.4 is 0 Å². The molecule has 0 saturated carbocycles. The van der Waals surface area contributed by atoms with Crippen LogP contribution in [0.1, 0.15) is 22.8 Å². The number of thioether (sulfide) groups is 1. The fourth-order valence-corrected chi connectivity index (χ4v) is 3.64. The van der Waals surface area contributed by atoms with E-state index in [9.17, 15) is 4.79 Å². The topological polar surface area (TPSA) is 83.0 Å². The van der Waals surface area contributed by atoms with E-state index in [1.165, 1.54) is 11.8 Å². The third-order valence-electron chi connectivity index (χ3n) is 3.89. The zero-order chi connectivity index (χ0) is 19.9. The van der Waals surface area contributed by atoms with Crippen molar-refractivity contribution in [1.29, 1.82) is 5.26 Å². The minimum absolute atomic E-state index is 0.0786. The summed E-state index contributed by atoms with van der Waals surface area (Å²) >= 11 is 7.56. The first-order chi connectivity index (χ1) is 13.5. The molecule has 6 nitrogen and oxygen atoms in total. The van der Waals surface area contributed by atoms with Crippen LogP contribution in [0.3, 0.4) is 0 Å². The molecule has 142 valence electrons. The van der Waals surface area contributed by atoms with Gasteiger partial charge < -0.3 is 9.42 Å². The van der Waals surface area contributed by atoms with Gasteiger partial charge in [-0.05, 0) is 36.8 Å². The van der Waals surface area contributed by atoms with E-state index >= 15 is 0 Å². The summed E-state index contributed by atoms with van der Waals surface area (Å²) in [6.07, 6.45) is 0. The summed E-state index contributed by atoms with van der Waals surface area (Å²) in [4.78, 5) is 19.6. The SMILES string of the molecule is Cc1noc(CN(Cc2ccc(C#N)cc2)C(=O)CSc2ccccc2Cl)n1. The Bertz CT molecular complexity index is 998. The molecule has 28 heavy (non-hydrogen) atoms. The molecule has 2 aromatic carbocycles. The molecule has 0 atom stereocenters. The van der Waals surface area contributed by atoms with Gasteiger partial charge in [-0.3, -0.25) is 4.79 Å². The number of nitrogens with zero attached hydrogens (tertiary/aromatic N) is 4. The Morgan fingerprint density at radius 2 is 1.96 bits per heavy atom. The number of carbonyl (C=O) groups excluding carboxylic acids is 1. The highest BCUT2D eigenvalue weighted by atomic mass is 35.5. The monoisotopic (exact) mass is 412 g/mol. The lowest BCUT2D eigenvalue weighted by atomic mass is 10.1. The van der Waals surface area contributed by atoms with Gasteiger partial charge in [0.2, 0.25) is 11.8 Å². The second-order valence-electron chi connectivity index (χ2n) is 6.01. The summed E-state index contributed by atoms with van der Waals surface area (Å²) in [5, 5.41) is 13.3. The maximum atomic E-state index is 12.9. The molecule has 0 bridgehead atoms. The quantitative estimate of drug-likeness (QED) is 0.540. The molecule has 0 aliphatic rings. The van der Waals surface area contributed by atoms with E-state index in [-0.39, 0.29) is 18.2 Å². The number of amides is 1. The number of nitriles is 1. The predicted octanol–water partition coefficient (Wildman–Crippen LogP) is 4.22. The minimum atomic E-state index is -0.0786. The molecule has 0 spiro atoms. The summed E-state index contributed by atoms with van der Waals surface area (Å²) in [6, 6.07) is 16.6. The smallest absolute Gasteiger partial charge is 0.246 e. The van der Waals surface area contributed by atoms with Gasteiger partial charge >= 0.3 is 0 Å². The zero-order valence-corrected chi connectivity index (χ0v) is 16.7. The summed E-state index contributed by atoms with van der Waals surface area (Å²) < 4.78 is 5.18. The maximum Gasteiger partial charge on any atom is 0.246 e. The van der Waals surface area contributed by atoms with Crippen molar-refractivity contribution in [2.45, 2.75) is 24.9 Å². The highest BCUT2D eigenvalue weighted by Gasteiger charge is 2.18. The van der Waals surface area contributed by atoms with E-state index in [1.54, 1.807) is 30.0 Å². The highest BCUT2D eigenvalue weighted by Crippen LogP contribution is 2.27. The Morgan fingerprint density at radius 3 is 2.61 bits per heavy atom. The molecule has 0 aliphatic heterocycles. The van der Waals surface area contributed by atoms with E-state index < -0.39 is 0 Å². The van der Waals surface area contributed by atoms with Gasteiger partial charge in [-0.25, -0.2) is 0 Å². The van der Waals surface area contributed by atoms with E-state index in [0.29, 0.717) is 28.8 Å². The molecule has 1 heterocycles. The molecule has 3 rings (SSSR count). The van der Waals surface area contributed by atoms with Crippen molar-refractivity contribution in [1.82, 2.24) is 15.0 Å². The average Bonchev–Trinajstić information content (AvgIpc) is 3.12. The fourth-order valence-electron chi connectivity index (χ4n) is 2.50. The molecular weight excluding hydrogens is 396 g/mol. The molecule has 0 aliphatic carbocycles. The largest absolute Gasteiger partial charge is 0.337 e. The number of hydrogen-bond donors (Lipinski definition) is 0. The molecule has 0 N–H and O–H groups in total. The van der Waals surface area contributed by atoms with Crippen molar-refractivity contribution in [2.24, 2.45) is 0 Å². The third kappa shape index (κ3) is 5.35. The lowest BCUT2D eigenvalue weighted by Gasteiger charge is -2.21. The summed E-state index contributed by atoms with van der Waals surface area (Å²) in [5.41, 5.74) is 1.48. The molecule has 1 aromatic heterocycles. The normalized spacial score (nSPS) is 10.5. The van der Waals surface area contributed by atoms with Crippen LogP contribution in [-0.2, 0) is 17.9 Å². The maximum absolute atomic E-state index is 12.9. The van der Waals surface area contributed by atoms with Crippen LogP contribution in [0.4, 0.5) is 0 Å². The van der Waals surface area contributed by atoms with Gasteiger partial charge in [0.1, 0.15) is 6.54 Å². The van der Waals surface area contributed by atoms with Crippen molar-refractivity contribution in [3.8, 4) is 6.07 Å².